The highest BCUT2D eigenvalue weighted by molar-refractivity contribution is 9.09. The third-order valence-electron chi connectivity index (χ3n) is 3.08. The minimum Gasteiger partial charge on any atom is -0.210 e. The highest BCUT2D eigenvalue weighted by Gasteiger charge is 2.26. The molecule has 96 valence electrons. The summed E-state index contributed by atoms with van der Waals surface area (Å²) in [6.45, 7) is 2.45. The molecule has 1 saturated carbocycles. The van der Waals surface area contributed by atoms with Crippen molar-refractivity contribution in [3.05, 3.63) is 17.0 Å². The first-order valence-corrected chi connectivity index (χ1v) is 8.91. The predicted molar refractivity (Wildman–Crippen MR) is 74.3 cm³/mol. The molecule has 0 aromatic carbocycles. The minimum atomic E-state index is -3.30. The Hall–Kier alpha value is 0.0900. The van der Waals surface area contributed by atoms with Crippen LogP contribution in [0.25, 0.3) is 0 Å². The molecule has 2 rings (SSSR count). The fourth-order valence-electron chi connectivity index (χ4n) is 2.07. The number of hydrogen-bond donors (Lipinski definition) is 1. The van der Waals surface area contributed by atoms with Crippen LogP contribution in [0, 0.1) is 12.8 Å². The van der Waals surface area contributed by atoms with Crippen LogP contribution in [0.5, 0.6) is 0 Å². The van der Waals surface area contributed by atoms with E-state index in [1.807, 2.05) is 13.0 Å². The maximum absolute atomic E-state index is 12.0. The van der Waals surface area contributed by atoms with Gasteiger partial charge in [0.1, 0.15) is 4.21 Å². The number of rotatable bonds is 4. The Morgan fingerprint density at radius 3 is 2.76 bits per heavy atom. The van der Waals surface area contributed by atoms with Gasteiger partial charge in [-0.2, -0.15) is 0 Å². The van der Waals surface area contributed by atoms with Gasteiger partial charge in [0.05, 0.1) is 0 Å². The van der Waals surface area contributed by atoms with Gasteiger partial charge in [-0.05, 0) is 37.8 Å². The molecule has 1 N–H and O–H groups in total. The van der Waals surface area contributed by atoms with Crippen LogP contribution >= 0.6 is 27.3 Å². The summed E-state index contributed by atoms with van der Waals surface area (Å²) in [5, 5.41) is 0. The molecule has 1 aromatic rings. The van der Waals surface area contributed by atoms with Crippen molar-refractivity contribution >= 4 is 37.3 Å². The predicted octanol–water partition coefficient (Wildman–Crippen LogP) is 2.90. The average molecular weight is 338 g/mol. The summed E-state index contributed by atoms with van der Waals surface area (Å²) in [5.41, 5.74) is 0. The largest absolute Gasteiger partial charge is 0.250 e. The minimum absolute atomic E-state index is 0.416. The van der Waals surface area contributed by atoms with Crippen molar-refractivity contribution in [2.24, 2.45) is 5.92 Å². The van der Waals surface area contributed by atoms with Gasteiger partial charge in [-0.1, -0.05) is 22.4 Å². The maximum Gasteiger partial charge on any atom is 0.250 e. The van der Waals surface area contributed by atoms with Crippen molar-refractivity contribution in [1.29, 1.82) is 0 Å². The summed E-state index contributed by atoms with van der Waals surface area (Å²) in [4.78, 5) is 1.47. The van der Waals surface area contributed by atoms with E-state index in [4.69, 9.17) is 0 Å². The molecule has 2 atom stereocenters. The van der Waals surface area contributed by atoms with Crippen LogP contribution < -0.4 is 4.72 Å². The van der Waals surface area contributed by atoms with E-state index in [-0.39, 0.29) is 0 Å². The molecule has 1 aromatic heterocycles. The number of nitrogens with one attached hydrogen (secondary N) is 1. The lowest BCUT2D eigenvalue weighted by molar-refractivity contribution is 0.530. The van der Waals surface area contributed by atoms with Crippen molar-refractivity contribution in [3.63, 3.8) is 0 Å². The molecule has 0 amide bonds. The number of sulfonamides is 1. The Balaban J connectivity index is 1.98. The molecule has 6 heteroatoms. The van der Waals surface area contributed by atoms with E-state index in [1.165, 1.54) is 17.8 Å². The normalized spacial score (nSPS) is 25.3. The molecule has 2 unspecified atom stereocenters. The molecule has 1 fully saturated rings. The molecule has 3 nitrogen and oxygen atoms in total. The van der Waals surface area contributed by atoms with Crippen molar-refractivity contribution in [2.45, 2.75) is 35.2 Å². The number of aryl methyl sites for hydroxylation is 1. The van der Waals surface area contributed by atoms with Gasteiger partial charge in [0.15, 0.2) is 0 Å². The van der Waals surface area contributed by atoms with E-state index in [0.29, 0.717) is 21.5 Å². The molecule has 0 radical (unpaired) electrons. The van der Waals surface area contributed by atoms with E-state index in [2.05, 4.69) is 20.7 Å². The average Bonchev–Trinajstić information content (AvgIpc) is 2.85. The molecule has 1 heterocycles. The topological polar surface area (TPSA) is 46.2 Å². The van der Waals surface area contributed by atoms with Gasteiger partial charge in [-0.25, -0.2) is 13.1 Å². The quantitative estimate of drug-likeness (QED) is 0.858. The summed E-state index contributed by atoms with van der Waals surface area (Å²) in [5.74, 6) is 0.422. The molecule has 17 heavy (non-hydrogen) atoms. The highest BCUT2D eigenvalue weighted by atomic mass is 79.9. The Morgan fingerprint density at radius 1 is 1.47 bits per heavy atom. The zero-order chi connectivity index (χ0) is 12.5. The zero-order valence-corrected chi connectivity index (χ0v) is 12.9. The molecule has 0 aliphatic heterocycles. The van der Waals surface area contributed by atoms with Crippen molar-refractivity contribution in [1.82, 2.24) is 4.72 Å². The van der Waals surface area contributed by atoms with Crippen molar-refractivity contribution in [2.75, 3.05) is 6.54 Å². The standard InChI is InChI=1S/C11H16BrNO2S2/c1-8-5-6-11(16-8)17(14,15)13-7-9-3-2-4-10(9)12/h5-6,9-10,13H,2-4,7H2,1H3. The zero-order valence-electron chi connectivity index (χ0n) is 9.65. The fraction of sp³-hybridized carbons (Fsp3) is 0.636. The van der Waals surface area contributed by atoms with Crippen LogP contribution in [0.2, 0.25) is 0 Å². The number of hydrogen-bond acceptors (Lipinski definition) is 3. The third kappa shape index (κ3) is 3.30. The molecule has 1 aliphatic carbocycles. The summed E-state index contributed by atoms with van der Waals surface area (Å²) < 4.78 is 27.1. The van der Waals surface area contributed by atoms with Gasteiger partial charge in [-0.3, -0.25) is 0 Å². The second-order valence-corrected chi connectivity index (χ2v) is 8.88. The Morgan fingerprint density at radius 2 is 2.24 bits per heavy atom. The third-order valence-corrected chi connectivity index (χ3v) is 7.20. The van der Waals surface area contributed by atoms with E-state index < -0.39 is 10.0 Å². The van der Waals surface area contributed by atoms with Crippen molar-refractivity contribution < 1.29 is 8.42 Å². The summed E-state index contributed by atoms with van der Waals surface area (Å²) in [6, 6.07) is 3.50. The second kappa shape index (κ2) is 5.38. The van der Waals surface area contributed by atoms with Crippen molar-refractivity contribution in [3.8, 4) is 0 Å². The number of halogens is 1. The van der Waals surface area contributed by atoms with E-state index in [9.17, 15) is 8.42 Å². The van der Waals surface area contributed by atoms with E-state index >= 15 is 0 Å². The highest BCUT2D eigenvalue weighted by Crippen LogP contribution is 2.31. The SMILES string of the molecule is Cc1ccc(S(=O)(=O)NCC2CCCC2Br)s1. The number of thiophene rings is 1. The lowest BCUT2D eigenvalue weighted by Gasteiger charge is -2.14. The van der Waals surface area contributed by atoms with Crippen LogP contribution in [0.4, 0.5) is 0 Å². The van der Waals surface area contributed by atoms with Gasteiger partial charge in [0.2, 0.25) is 10.0 Å². The van der Waals surface area contributed by atoms with Crippen LogP contribution in [0.1, 0.15) is 24.1 Å². The molecule has 0 saturated heterocycles. The van der Waals surface area contributed by atoms with Gasteiger partial charge in [0.25, 0.3) is 0 Å². The van der Waals surface area contributed by atoms with Gasteiger partial charge < -0.3 is 0 Å². The monoisotopic (exact) mass is 337 g/mol. The molecular weight excluding hydrogens is 322 g/mol. The van der Waals surface area contributed by atoms with Gasteiger partial charge in [-0.15, -0.1) is 11.3 Å². The first kappa shape index (κ1) is 13.5. The van der Waals surface area contributed by atoms with Crippen LogP contribution in [0.3, 0.4) is 0 Å². The lowest BCUT2D eigenvalue weighted by atomic mass is 10.1. The fourth-order valence-corrected chi connectivity index (χ4v) is 5.26. The Bertz CT molecular complexity index is 483. The van der Waals surface area contributed by atoms with E-state index in [1.54, 1.807) is 6.07 Å². The van der Waals surface area contributed by atoms with E-state index in [0.717, 1.165) is 17.7 Å². The van der Waals surface area contributed by atoms with Gasteiger partial charge in [0, 0.05) is 16.2 Å². The Labute approximate surface area is 115 Å². The second-order valence-electron chi connectivity index (χ2n) is 4.42. The molecule has 1 aliphatic rings. The molecular formula is C11H16BrNO2S2. The summed E-state index contributed by atoms with van der Waals surface area (Å²) in [6.07, 6.45) is 3.42. The smallest absolute Gasteiger partial charge is 0.210 e. The maximum atomic E-state index is 12.0. The number of alkyl halides is 1. The van der Waals surface area contributed by atoms with Gasteiger partial charge >= 0.3 is 0 Å². The van der Waals surface area contributed by atoms with Crippen LogP contribution in [-0.2, 0) is 10.0 Å². The Kier molecular flexibility index (Phi) is 4.28. The summed E-state index contributed by atoms with van der Waals surface area (Å²) in [7, 11) is -3.30. The first-order chi connectivity index (χ1) is 7.99. The first-order valence-electron chi connectivity index (χ1n) is 5.69. The van der Waals surface area contributed by atoms with Crippen LogP contribution in [-0.4, -0.2) is 19.8 Å². The molecule has 0 spiro atoms. The molecule has 0 bridgehead atoms. The van der Waals surface area contributed by atoms with Crippen LogP contribution in [0.15, 0.2) is 16.3 Å². The summed E-state index contributed by atoms with van der Waals surface area (Å²) >= 11 is 4.92. The lowest BCUT2D eigenvalue weighted by Crippen LogP contribution is -2.30.